The van der Waals surface area contributed by atoms with E-state index in [9.17, 15) is 19.4 Å². The number of aliphatic hydroxyl groups is 1. The number of allylic oxidation sites excluding steroid dienone is 2. The minimum atomic E-state index is -1.97. The molecule has 3 N–H and O–H groups in total. The van der Waals surface area contributed by atoms with Gasteiger partial charge in [-0.25, -0.2) is 9.18 Å². The molecule has 1 saturated carbocycles. The molecule has 1 amide bonds. The Morgan fingerprint density at radius 2 is 1.94 bits per heavy atom. The fourth-order valence-corrected chi connectivity index (χ4v) is 5.86. The monoisotopic (exact) mass is 499 g/mol. The number of amides is 1. The van der Waals surface area contributed by atoms with Gasteiger partial charge in [0.1, 0.15) is 17.3 Å². The quantitative estimate of drug-likeness (QED) is 0.557. The van der Waals surface area contributed by atoms with Gasteiger partial charge in [-0.2, -0.15) is 0 Å². The Hall–Kier alpha value is -3.49. The van der Waals surface area contributed by atoms with Crippen LogP contribution in [0.2, 0.25) is 5.02 Å². The van der Waals surface area contributed by atoms with Crippen LogP contribution < -0.4 is 5.32 Å². The summed E-state index contributed by atoms with van der Waals surface area (Å²) in [5.41, 5.74) is -1.68. The molecule has 0 aromatic heterocycles. The zero-order valence-corrected chi connectivity index (χ0v) is 19.7. The number of carbonyl (C=O) groups is 1. The molecule has 182 valence electrons. The smallest absolute Gasteiger partial charge is 0.404 e. The second-order valence-electron chi connectivity index (χ2n) is 8.66. The van der Waals surface area contributed by atoms with E-state index in [2.05, 4.69) is 5.32 Å². The van der Waals surface area contributed by atoms with Crippen molar-refractivity contribution in [1.29, 1.82) is 0 Å². The molecule has 2 aromatic rings. The van der Waals surface area contributed by atoms with Gasteiger partial charge in [0.15, 0.2) is 11.2 Å². The molecule has 1 fully saturated rings. The van der Waals surface area contributed by atoms with Gasteiger partial charge in [0, 0.05) is 22.6 Å². The lowest BCUT2D eigenvalue weighted by Gasteiger charge is -2.50. The van der Waals surface area contributed by atoms with Crippen molar-refractivity contribution in [2.45, 2.75) is 29.6 Å². The van der Waals surface area contributed by atoms with E-state index >= 15 is 0 Å². The van der Waals surface area contributed by atoms with Crippen LogP contribution in [0.3, 0.4) is 0 Å². The molecule has 35 heavy (non-hydrogen) atoms. The lowest BCUT2D eigenvalue weighted by molar-refractivity contribution is -0.145. The summed E-state index contributed by atoms with van der Waals surface area (Å²) in [6, 6.07) is 11.7. The third-order valence-electron chi connectivity index (χ3n) is 7.08. The highest BCUT2D eigenvalue weighted by molar-refractivity contribution is 6.30. The van der Waals surface area contributed by atoms with E-state index < -0.39 is 35.1 Å². The molecule has 5 rings (SSSR count). The van der Waals surface area contributed by atoms with Gasteiger partial charge in [-0.05, 0) is 41.8 Å². The summed E-state index contributed by atoms with van der Waals surface area (Å²) in [5.74, 6) is -0.399. The van der Waals surface area contributed by atoms with Crippen LogP contribution in [-0.2, 0) is 19.8 Å². The van der Waals surface area contributed by atoms with E-state index in [4.69, 9.17) is 25.8 Å². The highest BCUT2D eigenvalue weighted by Crippen LogP contribution is 2.64. The molecule has 7 nitrogen and oxygen atoms in total. The molecule has 1 heterocycles. The van der Waals surface area contributed by atoms with Gasteiger partial charge in [0.05, 0.1) is 32.1 Å². The van der Waals surface area contributed by atoms with Crippen LogP contribution >= 0.6 is 11.6 Å². The number of rotatable bonds is 5. The van der Waals surface area contributed by atoms with Crippen LogP contribution in [0, 0.1) is 5.82 Å². The van der Waals surface area contributed by atoms with Crippen LogP contribution in [-0.4, -0.2) is 42.2 Å². The van der Waals surface area contributed by atoms with Crippen molar-refractivity contribution in [3.05, 3.63) is 106 Å². The molecule has 0 saturated heterocycles. The van der Waals surface area contributed by atoms with Gasteiger partial charge in [-0.1, -0.05) is 35.9 Å². The summed E-state index contributed by atoms with van der Waals surface area (Å²) in [6.07, 6.45) is 1.89. The molecule has 9 heteroatoms. The van der Waals surface area contributed by atoms with Crippen LogP contribution in [0.1, 0.15) is 23.5 Å². The summed E-state index contributed by atoms with van der Waals surface area (Å²) in [6.45, 7) is 0. The third-order valence-corrected chi connectivity index (χ3v) is 7.33. The Kier molecular flexibility index (Phi) is 5.53. The van der Waals surface area contributed by atoms with Crippen molar-refractivity contribution in [3.8, 4) is 0 Å². The average Bonchev–Trinajstić information content (AvgIpc) is 3.33. The van der Waals surface area contributed by atoms with Crippen LogP contribution in [0.15, 0.2) is 83.5 Å². The average molecular weight is 500 g/mol. The maximum absolute atomic E-state index is 14.4. The number of benzene rings is 2. The van der Waals surface area contributed by atoms with Crippen molar-refractivity contribution in [2.24, 2.45) is 0 Å². The standard InChI is InChI=1S/C26H23ClFNO6/c1-33-20-12-21(34-2)23-18(20)13-35-26(15-6-8-16(27)9-7-15)19(14-4-3-5-17(28)10-14)11-22(25(23,26)32)29-24(30)31/h3-10,12-13,19,22,29,32H,11H2,1-2H3,(H,30,31). The van der Waals surface area contributed by atoms with Gasteiger partial charge in [0.25, 0.3) is 0 Å². The zero-order chi connectivity index (χ0) is 25.0. The first-order chi connectivity index (χ1) is 16.8. The fraction of sp³-hybridized carbons (Fsp3) is 0.269. The maximum Gasteiger partial charge on any atom is 0.404 e. The molecule has 4 atom stereocenters. The zero-order valence-electron chi connectivity index (χ0n) is 18.9. The maximum atomic E-state index is 14.4. The van der Waals surface area contributed by atoms with Gasteiger partial charge in [-0.3, -0.25) is 0 Å². The molecule has 0 bridgehead atoms. The largest absolute Gasteiger partial charge is 0.496 e. The van der Waals surface area contributed by atoms with E-state index in [0.29, 0.717) is 38.8 Å². The van der Waals surface area contributed by atoms with Gasteiger partial charge < -0.3 is 29.7 Å². The summed E-state index contributed by atoms with van der Waals surface area (Å²) < 4.78 is 31.9. The normalized spacial score (nSPS) is 28.9. The number of ether oxygens (including phenoxy) is 3. The molecule has 2 aromatic carbocycles. The predicted molar refractivity (Wildman–Crippen MR) is 125 cm³/mol. The summed E-state index contributed by atoms with van der Waals surface area (Å²) in [7, 11) is 2.93. The Bertz CT molecular complexity index is 1290. The first-order valence-corrected chi connectivity index (χ1v) is 11.3. The molecule has 0 spiro atoms. The third kappa shape index (κ3) is 3.24. The first kappa shape index (κ1) is 23.3. The van der Waals surface area contributed by atoms with E-state index in [1.54, 1.807) is 42.5 Å². The number of fused-ring (bicyclic) bond motifs is 3. The number of hydrogen-bond donors (Lipinski definition) is 3. The van der Waals surface area contributed by atoms with E-state index in [-0.39, 0.29) is 6.42 Å². The van der Waals surface area contributed by atoms with Crippen molar-refractivity contribution in [3.63, 3.8) is 0 Å². The highest BCUT2D eigenvalue weighted by atomic mass is 35.5. The topological polar surface area (TPSA) is 97.2 Å². The SMILES string of the molecule is COC1=CC(OC)=C2C1=COC1(c3ccc(Cl)cc3)C(c3cccc(F)c3)CC(NC(=O)O)C21O. The number of nitrogens with one attached hydrogen (secondary N) is 1. The molecule has 1 aliphatic heterocycles. The Morgan fingerprint density at radius 1 is 1.20 bits per heavy atom. The summed E-state index contributed by atoms with van der Waals surface area (Å²) in [4.78, 5) is 11.9. The van der Waals surface area contributed by atoms with Crippen LogP contribution in [0.5, 0.6) is 0 Å². The van der Waals surface area contributed by atoms with E-state index in [1.807, 2.05) is 0 Å². The highest BCUT2D eigenvalue weighted by Gasteiger charge is 2.72. The lowest BCUT2D eigenvalue weighted by Crippen LogP contribution is -2.62. The number of methoxy groups -OCH3 is 2. The van der Waals surface area contributed by atoms with Crippen LogP contribution in [0.25, 0.3) is 0 Å². The Morgan fingerprint density at radius 3 is 2.57 bits per heavy atom. The van der Waals surface area contributed by atoms with Gasteiger partial charge in [-0.15, -0.1) is 0 Å². The van der Waals surface area contributed by atoms with Crippen molar-refractivity contribution in [2.75, 3.05) is 14.2 Å². The minimum Gasteiger partial charge on any atom is -0.496 e. The second kappa shape index (κ2) is 8.32. The first-order valence-electron chi connectivity index (χ1n) is 10.9. The Labute approximate surface area is 206 Å². The van der Waals surface area contributed by atoms with Gasteiger partial charge in [0.2, 0.25) is 0 Å². The van der Waals surface area contributed by atoms with Crippen molar-refractivity contribution in [1.82, 2.24) is 5.32 Å². The number of halogens is 2. The van der Waals surface area contributed by atoms with Crippen LogP contribution in [0.4, 0.5) is 9.18 Å². The minimum absolute atomic E-state index is 0.110. The molecular weight excluding hydrogens is 477 g/mol. The summed E-state index contributed by atoms with van der Waals surface area (Å²) >= 11 is 6.16. The molecule has 3 aliphatic rings. The second-order valence-corrected chi connectivity index (χ2v) is 9.10. The van der Waals surface area contributed by atoms with Crippen molar-refractivity contribution >= 4 is 17.7 Å². The summed E-state index contributed by atoms with van der Waals surface area (Å²) in [5, 5.41) is 25.4. The van der Waals surface area contributed by atoms with Gasteiger partial charge >= 0.3 is 6.09 Å². The fourth-order valence-electron chi connectivity index (χ4n) is 5.74. The van der Waals surface area contributed by atoms with Crippen molar-refractivity contribution < 1.29 is 33.6 Å². The number of carboxylic acid groups (broad SMARTS) is 1. The molecule has 2 aliphatic carbocycles. The predicted octanol–water partition coefficient (Wildman–Crippen LogP) is 4.59. The van der Waals surface area contributed by atoms with E-state index in [0.717, 1.165) is 0 Å². The number of hydrogen-bond acceptors (Lipinski definition) is 5. The van der Waals surface area contributed by atoms with E-state index in [1.165, 1.54) is 32.6 Å². The lowest BCUT2D eigenvalue weighted by atomic mass is 9.67. The molecule has 4 unspecified atom stereocenters. The molecular formula is C26H23ClFNO6. The Balaban J connectivity index is 1.84. The molecule has 0 radical (unpaired) electrons.